The zero-order chi connectivity index (χ0) is 11.7. The Morgan fingerprint density at radius 2 is 2.38 bits per heavy atom. The quantitative estimate of drug-likeness (QED) is 0.836. The van der Waals surface area contributed by atoms with E-state index in [9.17, 15) is 4.79 Å². The third-order valence-corrected chi connectivity index (χ3v) is 2.86. The van der Waals surface area contributed by atoms with E-state index in [1.807, 2.05) is 24.6 Å². The van der Waals surface area contributed by atoms with Crippen molar-refractivity contribution in [2.75, 3.05) is 0 Å². The van der Waals surface area contributed by atoms with Gasteiger partial charge in [0.2, 0.25) is 0 Å². The second-order valence-electron chi connectivity index (χ2n) is 4.27. The fraction of sp³-hybridized carbons (Fsp3) is 0.636. The highest BCUT2D eigenvalue weighted by atomic mass is 16.5. The first-order valence-corrected chi connectivity index (χ1v) is 5.45. The number of carboxylic acid groups (broad SMARTS) is 1. The second kappa shape index (κ2) is 4.25. The highest BCUT2D eigenvalue weighted by Crippen LogP contribution is 2.21. The van der Waals surface area contributed by atoms with Crippen molar-refractivity contribution in [1.29, 1.82) is 0 Å². The SMILES string of the molecule is Cc1cc(C)n(CC2CCC(C(=O)O)O2)n1. The average molecular weight is 224 g/mol. The molecule has 5 heteroatoms. The van der Waals surface area contributed by atoms with Gasteiger partial charge in [-0.2, -0.15) is 5.10 Å². The molecule has 2 rings (SSSR count). The lowest BCUT2D eigenvalue weighted by Crippen LogP contribution is -2.23. The standard InChI is InChI=1S/C11H16N2O3/c1-7-5-8(2)13(12-7)6-9-3-4-10(16-9)11(14)15/h5,9-10H,3-4,6H2,1-2H3,(H,14,15). The van der Waals surface area contributed by atoms with Crippen LogP contribution in [0.5, 0.6) is 0 Å². The van der Waals surface area contributed by atoms with Crippen molar-refractivity contribution in [2.24, 2.45) is 0 Å². The molecule has 1 aliphatic rings. The van der Waals surface area contributed by atoms with E-state index in [2.05, 4.69) is 5.10 Å². The number of rotatable bonds is 3. The van der Waals surface area contributed by atoms with Crippen LogP contribution in [0.15, 0.2) is 6.07 Å². The van der Waals surface area contributed by atoms with Crippen LogP contribution in [0.25, 0.3) is 0 Å². The first-order valence-electron chi connectivity index (χ1n) is 5.45. The lowest BCUT2D eigenvalue weighted by atomic mass is 10.2. The van der Waals surface area contributed by atoms with Crippen molar-refractivity contribution < 1.29 is 14.6 Å². The predicted molar refractivity (Wildman–Crippen MR) is 57.2 cm³/mol. The van der Waals surface area contributed by atoms with Crippen LogP contribution in [0, 0.1) is 13.8 Å². The van der Waals surface area contributed by atoms with E-state index in [1.54, 1.807) is 0 Å². The summed E-state index contributed by atoms with van der Waals surface area (Å²) in [6, 6.07) is 2.00. The number of aliphatic carboxylic acids is 1. The highest BCUT2D eigenvalue weighted by molar-refractivity contribution is 5.72. The first-order chi connectivity index (χ1) is 7.56. The van der Waals surface area contributed by atoms with Gasteiger partial charge in [-0.25, -0.2) is 4.79 Å². The van der Waals surface area contributed by atoms with Gasteiger partial charge in [-0.3, -0.25) is 4.68 Å². The van der Waals surface area contributed by atoms with E-state index in [0.717, 1.165) is 17.8 Å². The normalized spacial score (nSPS) is 24.9. The summed E-state index contributed by atoms with van der Waals surface area (Å²) in [7, 11) is 0. The number of hydrogen-bond donors (Lipinski definition) is 1. The third kappa shape index (κ3) is 2.24. The minimum Gasteiger partial charge on any atom is -0.479 e. The van der Waals surface area contributed by atoms with E-state index < -0.39 is 12.1 Å². The summed E-state index contributed by atoms with van der Waals surface area (Å²) in [4.78, 5) is 10.7. The molecular weight excluding hydrogens is 208 g/mol. The number of nitrogens with zero attached hydrogens (tertiary/aromatic N) is 2. The average Bonchev–Trinajstić information content (AvgIpc) is 2.75. The Bertz CT molecular complexity index is 400. The summed E-state index contributed by atoms with van der Waals surface area (Å²) in [5.41, 5.74) is 2.06. The monoisotopic (exact) mass is 224 g/mol. The van der Waals surface area contributed by atoms with Crippen LogP contribution >= 0.6 is 0 Å². The van der Waals surface area contributed by atoms with Crippen molar-refractivity contribution in [3.8, 4) is 0 Å². The molecule has 5 nitrogen and oxygen atoms in total. The summed E-state index contributed by atoms with van der Waals surface area (Å²) in [5, 5.41) is 13.1. The van der Waals surface area contributed by atoms with Gasteiger partial charge < -0.3 is 9.84 Å². The van der Waals surface area contributed by atoms with Crippen molar-refractivity contribution in [1.82, 2.24) is 9.78 Å². The molecule has 2 atom stereocenters. The zero-order valence-corrected chi connectivity index (χ0v) is 9.51. The first kappa shape index (κ1) is 11.1. The minimum atomic E-state index is -0.865. The fourth-order valence-corrected chi connectivity index (χ4v) is 2.07. The maximum Gasteiger partial charge on any atom is 0.332 e. The molecule has 16 heavy (non-hydrogen) atoms. The van der Waals surface area contributed by atoms with Crippen LogP contribution in [0.4, 0.5) is 0 Å². The van der Waals surface area contributed by atoms with Crippen molar-refractivity contribution in [3.63, 3.8) is 0 Å². The maximum absolute atomic E-state index is 10.7. The molecule has 1 N–H and O–H groups in total. The van der Waals surface area contributed by atoms with E-state index in [0.29, 0.717) is 13.0 Å². The van der Waals surface area contributed by atoms with Gasteiger partial charge in [0.25, 0.3) is 0 Å². The van der Waals surface area contributed by atoms with Crippen LogP contribution in [0.1, 0.15) is 24.2 Å². The number of aryl methyl sites for hydroxylation is 2. The van der Waals surface area contributed by atoms with Crippen molar-refractivity contribution in [3.05, 3.63) is 17.5 Å². The molecular formula is C11H16N2O3. The van der Waals surface area contributed by atoms with E-state index in [-0.39, 0.29) is 6.10 Å². The molecule has 88 valence electrons. The minimum absolute atomic E-state index is 0.0286. The third-order valence-electron chi connectivity index (χ3n) is 2.86. The lowest BCUT2D eigenvalue weighted by molar-refractivity contribution is -0.149. The van der Waals surface area contributed by atoms with Crippen LogP contribution in [-0.4, -0.2) is 33.1 Å². The van der Waals surface area contributed by atoms with Gasteiger partial charge in [0.15, 0.2) is 6.10 Å². The largest absolute Gasteiger partial charge is 0.479 e. The number of hydrogen-bond acceptors (Lipinski definition) is 3. The van der Waals surface area contributed by atoms with Crippen LogP contribution in [-0.2, 0) is 16.1 Å². The molecule has 0 bridgehead atoms. The zero-order valence-electron chi connectivity index (χ0n) is 9.51. The molecule has 1 aromatic rings. The molecule has 0 aliphatic carbocycles. The Kier molecular flexibility index (Phi) is 2.96. The topological polar surface area (TPSA) is 64.4 Å². The van der Waals surface area contributed by atoms with Gasteiger partial charge in [-0.15, -0.1) is 0 Å². The molecule has 1 aromatic heterocycles. The van der Waals surface area contributed by atoms with E-state index in [4.69, 9.17) is 9.84 Å². The Hall–Kier alpha value is -1.36. The second-order valence-corrected chi connectivity index (χ2v) is 4.27. The van der Waals surface area contributed by atoms with Gasteiger partial charge in [0.05, 0.1) is 18.3 Å². The predicted octanol–water partition coefficient (Wildman–Crippen LogP) is 1.13. The smallest absolute Gasteiger partial charge is 0.332 e. The molecule has 1 saturated heterocycles. The lowest BCUT2D eigenvalue weighted by Gasteiger charge is -2.12. The summed E-state index contributed by atoms with van der Waals surface area (Å²) in [6.07, 6.45) is 0.718. The maximum atomic E-state index is 10.7. The summed E-state index contributed by atoms with van der Waals surface area (Å²) in [5.74, 6) is -0.865. The summed E-state index contributed by atoms with van der Waals surface area (Å²) in [6.45, 7) is 4.58. The van der Waals surface area contributed by atoms with E-state index in [1.165, 1.54) is 0 Å². The molecule has 1 aliphatic heterocycles. The van der Waals surface area contributed by atoms with Crippen LogP contribution < -0.4 is 0 Å². The van der Waals surface area contributed by atoms with Crippen molar-refractivity contribution >= 4 is 5.97 Å². The van der Waals surface area contributed by atoms with Crippen LogP contribution in [0.3, 0.4) is 0 Å². The van der Waals surface area contributed by atoms with Gasteiger partial charge >= 0.3 is 5.97 Å². The Morgan fingerprint density at radius 3 is 2.88 bits per heavy atom. The molecule has 1 fully saturated rings. The van der Waals surface area contributed by atoms with Gasteiger partial charge in [-0.1, -0.05) is 0 Å². The molecule has 0 radical (unpaired) electrons. The molecule has 2 heterocycles. The molecule has 2 unspecified atom stereocenters. The number of aromatic nitrogens is 2. The number of ether oxygens (including phenoxy) is 1. The van der Waals surface area contributed by atoms with Crippen molar-refractivity contribution in [2.45, 2.75) is 45.4 Å². The fourth-order valence-electron chi connectivity index (χ4n) is 2.07. The van der Waals surface area contributed by atoms with Gasteiger partial charge in [-0.05, 0) is 32.8 Å². The number of carbonyl (C=O) groups is 1. The summed E-state index contributed by atoms with van der Waals surface area (Å²) < 4.78 is 7.31. The van der Waals surface area contributed by atoms with Crippen LogP contribution in [0.2, 0.25) is 0 Å². The highest BCUT2D eigenvalue weighted by Gasteiger charge is 2.30. The molecule has 0 spiro atoms. The molecule has 0 amide bonds. The van der Waals surface area contributed by atoms with Gasteiger partial charge in [0.1, 0.15) is 0 Å². The Balaban J connectivity index is 1.97. The molecule has 0 aromatic carbocycles. The van der Waals surface area contributed by atoms with E-state index >= 15 is 0 Å². The Morgan fingerprint density at radius 1 is 1.62 bits per heavy atom. The van der Waals surface area contributed by atoms with Gasteiger partial charge in [0, 0.05) is 5.69 Å². The Labute approximate surface area is 94.0 Å². The number of carboxylic acids is 1. The molecule has 0 saturated carbocycles. The summed E-state index contributed by atoms with van der Waals surface area (Å²) >= 11 is 0.